The fourth-order valence-electron chi connectivity index (χ4n) is 4.03. The largest absolute Gasteiger partial charge is 0.460 e. The number of rotatable bonds is 3. The Morgan fingerprint density at radius 3 is 2.79 bits per heavy atom. The Bertz CT molecular complexity index is 480. The van der Waals surface area contributed by atoms with E-state index >= 15 is 0 Å². The van der Waals surface area contributed by atoms with Crippen LogP contribution in [-0.2, 0) is 16.1 Å². The standard InChI is InChI=1S/C15H22N2O2/c1-14(2)11-4-5-15(14,3)12(8-11)19-13(18)9-17-7-6-16-10-17/h6-7,10-12H,4-5,8-9H2,1-3H3/t11-,12-,15-/m1/s1. The fraction of sp³-hybridized carbons (Fsp3) is 0.733. The molecule has 0 saturated heterocycles. The number of fused-ring (bicyclic) bond motifs is 2. The van der Waals surface area contributed by atoms with Crippen LogP contribution in [0.2, 0.25) is 0 Å². The molecular formula is C15H22N2O2. The van der Waals surface area contributed by atoms with E-state index in [-0.39, 0.29) is 29.4 Å². The molecule has 2 aliphatic rings. The van der Waals surface area contributed by atoms with Crippen molar-refractivity contribution in [2.24, 2.45) is 16.7 Å². The first-order chi connectivity index (χ1) is 8.93. The molecule has 0 unspecified atom stereocenters. The van der Waals surface area contributed by atoms with Gasteiger partial charge in [0, 0.05) is 17.8 Å². The molecule has 2 aliphatic carbocycles. The lowest BCUT2D eigenvalue weighted by Gasteiger charge is -2.38. The average molecular weight is 262 g/mol. The summed E-state index contributed by atoms with van der Waals surface area (Å²) in [6.45, 7) is 7.20. The van der Waals surface area contributed by atoms with E-state index in [2.05, 4.69) is 25.8 Å². The van der Waals surface area contributed by atoms with Gasteiger partial charge in [-0.15, -0.1) is 0 Å². The Kier molecular flexibility index (Phi) is 2.73. The molecule has 2 fully saturated rings. The summed E-state index contributed by atoms with van der Waals surface area (Å²) in [4.78, 5) is 16.0. The third-order valence-corrected chi connectivity index (χ3v) is 5.86. The summed E-state index contributed by atoms with van der Waals surface area (Å²) in [5.74, 6) is 0.552. The highest BCUT2D eigenvalue weighted by Crippen LogP contribution is 2.66. The van der Waals surface area contributed by atoms with Gasteiger partial charge in [0.05, 0.1) is 6.33 Å². The van der Waals surface area contributed by atoms with Crippen molar-refractivity contribution >= 4 is 5.97 Å². The van der Waals surface area contributed by atoms with Crippen molar-refractivity contribution in [2.75, 3.05) is 0 Å². The number of carbonyl (C=O) groups excluding carboxylic acids is 1. The van der Waals surface area contributed by atoms with E-state index in [4.69, 9.17) is 4.74 Å². The van der Waals surface area contributed by atoms with E-state index in [9.17, 15) is 4.79 Å². The first kappa shape index (κ1) is 12.7. The van der Waals surface area contributed by atoms with E-state index < -0.39 is 0 Å². The molecule has 0 aliphatic heterocycles. The van der Waals surface area contributed by atoms with Crippen LogP contribution in [0.5, 0.6) is 0 Å². The second-order valence-electron chi connectivity index (χ2n) is 6.82. The van der Waals surface area contributed by atoms with Gasteiger partial charge >= 0.3 is 5.97 Å². The monoisotopic (exact) mass is 262 g/mol. The van der Waals surface area contributed by atoms with Crippen molar-refractivity contribution in [1.82, 2.24) is 9.55 Å². The van der Waals surface area contributed by atoms with Crippen LogP contribution in [0.4, 0.5) is 0 Å². The van der Waals surface area contributed by atoms with Gasteiger partial charge in [-0.1, -0.05) is 20.8 Å². The van der Waals surface area contributed by atoms with Gasteiger partial charge in [0.1, 0.15) is 12.6 Å². The Hall–Kier alpha value is -1.32. The predicted octanol–water partition coefficient (Wildman–Crippen LogP) is 2.64. The van der Waals surface area contributed by atoms with Gasteiger partial charge in [-0.3, -0.25) is 4.79 Å². The van der Waals surface area contributed by atoms with Gasteiger partial charge in [-0.2, -0.15) is 0 Å². The number of carbonyl (C=O) groups is 1. The number of nitrogens with zero attached hydrogens (tertiary/aromatic N) is 2. The second kappa shape index (κ2) is 4.09. The Balaban J connectivity index is 1.67. The van der Waals surface area contributed by atoms with Crippen LogP contribution in [0.3, 0.4) is 0 Å². The first-order valence-electron chi connectivity index (χ1n) is 7.09. The number of hydrogen-bond donors (Lipinski definition) is 0. The molecule has 3 atom stereocenters. The van der Waals surface area contributed by atoms with Crippen LogP contribution >= 0.6 is 0 Å². The lowest BCUT2D eigenvalue weighted by molar-refractivity contribution is -0.157. The van der Waals surface area contributed by atoms with Gasteiger partial charge < -0.3 is 9.30 Å². The quantitative estimate of drug-likeness (QED) is 0.787. The maximum absolute atomic E-state index is 12.0. The van der Waals surface area contributed by atoms with Gasteiger partial charge in [0.2, 0.25) is 0 Å². The van der Waals surface area contributed by atoms with Crippen LogP contribution in [-0.4, -0.2) is 21.6 Å². The summed E-state index contributed by atoms with van der Waals surface area (Å²) in [7, 11) is 0. The van der Waals surface area contributed by atoms with Crippen LogP contribution in [0.1, 0.15) is 40.0 Å². The third kappa shape index (κ3) is 1.80. The summed E-state index contributed by atoms with van der Waals surface area (Å²) in [5, 5.41) is 0. The highest BCUT2D eigenvalue weighted by atomic mass is 16.5. The molecule has 104 valence electrons. The van der Waals surface area contributed by atoms with Crippen molar-refractivity contribution in [1.29, 1.82) is 0 Å². The smallest absolute Gasteiger partial charge is 0.326 e. The number of ether oxygens (including phenoxy) is 1. The molecule has 0 N–H and O–H groups in total. The van der Waals surface area contributed by atoms with Gasteiger partial charge in [-0.25, -0.2) is 4.98 Å². The van der Waals surface area contributed by atoms with E-state index in [0.717, 1.165) is 6.42 Å². The van der Waals surface area contributed by atoms with Crippen molar-refractivity contribution in [3.8, 4) is 0 Å². The Morgan fingerprint density at radius 2 is 2.26 bits per heavy atom. The lowest BCUT2D eigenvalue weighted by Crippen LogP contribution is -2.38. The minimum absolute atomic E-state index is 0.0808. The molecule has 1 heterocycles. The molecule has 1 aromatic rings. The zero-order valence-electron chi connectivity index (χ0n) is 11.9. The molecule has 0 amide bonds. The number of aromatic nitrogens is 2. The molecular weight excluding hydrogens is 240 g/mol. The molecule has 19 heavy (non-hydrogen) atoms. The van der Waals surface area contributed by atoms with Crippen LogP contribution in [0, 0.1) is 16.7 Å². The molecule has 2 saturated carbocycles. The van der Waals surface area contributed by atoms with E-state index in [1.165, 1.54) is 12.8 Å². The first-order valence-corrected chi connectivity index (χ1v) is 7.09. The molecule has 0 aromatic carbocycles. The van der Waals surface area contributed by atoms with Crippen LogP contribution in [0.25, 0.3) is 0 Å². The predicted molar refractivity (Wildman–Crippen MR) is 71.3 cm³/mol. The van der Waals surface area contributed by atoms with Crippen molar-refractivity contribution in [3.63, 3.8) is 0 Å². The summed E-state index contributed by atoms with van der Waals surface area (Å²) >= 11 is 0. The van der Waals surface area contributed by atoms with Crippen LogP contribution < -0.4 is 0 Å². The summed E-state index contributed by atoms with van der Waals surface area (Å²) in [6.07, 6.45) is 8.67. The summed E-state index contributed by atoms with van der Waals surface area (Å²) in [5.41, 5.74) is 0.426. The molecule has 4 nitrogen and oxygen atoms in total. The molecule has 2 bridgehead atoms. The van der Waals surface area contributed by atoms with E-state index in [1.54, 1.807) is 23.3 Å². The SMILES string of the molecule is CC1(C)[C@@H]2CC[C@]1(C)[C@H](OC(=O)Cn1ccnc1)C2. The third-order valence-electron chi connectivity index (χ3n) is 5.86. The molecule has 0 radical (unpaired) electrons. The Morgan fingerprint density at radius 1 is 1.47 bits per heavy atom. The normalized spacial score (nSPS) is 35.5. The average Bonchev–Trinajstić information content (AvgIpc) is 2.95. The number of imidazole rings is 1. The molecule has 4 heteroatoms. The highest BCUT2D eigenvalue weighted by molar-refractivity contribution is 5.69. The van der Waals surface area contributed by atoms with Crippen molar-refractivity contribution in [3.05, 3.63) is 18.7 Å². The minimum Gasteiger partial charge on any atom is -0.460 e. The number of esters is 1. The molecule has 3 rings (SSSR count). The van der Waals surface area contributed by atoms with E-state index in [0.29, 0.717) is 5.92 Å². The van der Waals surface area contributed by atoms with Crippen molar-refractivity contribution in [2.45, 2.75) is 52.7 Å². The zero-order chi connectivity index (χ0) is 13.7. The topological polar surface area (TPSA) is 44.1 Å². The zero-order valence-corrected chi connectivity index (χ0v) is 11.9. The molecule has 0 spiro atoms. The maximum Gasteiger partial charge on any atom is 0.326 e. The maximum atomic E-state index is 12.0. The molecule has 1 aromatic heterocycles. The van der Waals surface area contributed by atoms with Crippen LogP contribution in [0.15, 0.2) is 18.7 Å². The fourth-order valence-corrected chi connectivity index (χ4v) is 4.03. The minimum atomic E-state index is -0.146. The van der Waals surface area contributed by atoms with Gasteiger partial charge in [0.15, 0.2) is 0 Å². The summed E-state index contributed by atoms with van der Waals surface area (Å²) in [6, 6.07) is 0. The van der Waals surface area contributed by atoms with E-state index in [1.807, 2.05) is 0 Å². The van der Waals surface area contributed by atoms with Gasteiger partial charge in [0.25, 0.3) is 0 Å². The summed E-state index contributed by atoms with van der Waals surface area (Å²) < 4.78 is 7.52. The Labute approximate surface area is 114 Å². The van der Waals surface area contributed by atoms with Gasteiger partial charge in [-0.05, 0) is 30.6 Å². The van der Waals surface area contributed by atoms with Crippen molar-refractivity contribution < 1.29 is 9.53 Å². The lowest BCUT2D eigenvalue weighted by atomic mass is 9.70. The second-order valence-corrected chi connectivity index (χ2v) is 6.82. The highest BCUT2D eigenvalue weighted by Gasteiger charge is 2.62. The number of hydrogen-bond acceptors (Lipinski definition) is 3.